The molecule has 2 aromatic rings. The predicted octanol–water partition coefficient (Wildman–Crippen LogP) is 2.35. The van der Waals surface area contributed by atoms with E-state index in [9.17, 15) is 26.8 Å². The van der Waals surface area contributed by atoms with Gasteiger partial charge in [-0.1, -0.05) is 24.3 Å². The lowest BCUT2D eigenvalue weighted by molar-refractivity contribution is -0.124. The van der Waals surface area contributed by atoms with Gasteiger partial charge in [0, 0.05) is 12.8 Å². The monoisotopic (exact) mass is 441 g/mol. The maximum Gasteiger partial charge on any atom is 0.387 e. The Bertz CT molecular complexity index is 977. The molecular weight excluding hydrogens is 420 g/mol. The highest BCUT2D eigenvalue weighted by molar-refractivity contribution is 7.89. The Labute approximate surface area is 172 Å². The van der Waals surface area contributed by atoms with E-state index < -0.39 is 34.9 Å². The molecule has 0 unspecified atom stereocenters. The number of carbonyl (C=O) groups is 2. The number of hydrogen-bond donors (Lipinski definition) is 1. The van der Waals surface area contributed by atoms with Gasteiger partial charge in [-0.3, -0.25) is 4.79 Å². The van der Waals surface area contributed by atoms with Gasteiger partial charge in [-0.15, -0.1) is 0 Å². The van der Waals surface area contributed by atoms with E-state index in [4.69, 9.17) is 4.74 Å². The molecule has 0 aliphatic heterocycles. The summed E-state index contributed by atoms with van der Waals surface area (Å²) in [7, 11) is -3.24. The summed E-state index contributed by atoms with van der Waals surface area (Å²) in [5.74, 6) is -1.40. The van der Waals surface area contributed by atoms with Gasteiger partial charge >= 0.3 is 12.6 Å². The van der Waals surface area contributed by atoms with Crippen LogP contribution in [0.2, 0.25) is 0 Å². The smallest absolute Gasteiger partial charge is 0.387 e. The van der Waals surface area contributed by atoms with Gasteiger partial charge in [0.15, 0.2) is 16.4 Å². The van der Waals surface area contributed by atoms with Crippen molar-refractivity contribution in [3.8, 4) is 5.75 Å². The fourth-order valence-corrected chi connectivity index (χ4v) is 3.33. The molecule has 30 heavy (non-hydrogen) atoms. The van der Waals surface area contributed by atoms with Crippen LogP contribution >= 0.6 is 0 Å². The molecule has 10 heteroatoms. The van der Waals surface area contributed by atoms with Crippen molar-refractivity contribution in [2.45, 2.75) is 18.8 Å². The Balaban J connectivity index is 1.75. The molecule has 0 radical (unpaired) electrons. The standard InChI is InChI=1S/C20H21F2NO6S/c1-30(26,27)13-15-3-2-4-16(11-15)19(25)28-12-18(24)23-10-9-14-5-7-17(8-6-14)29-20(21)22/h2-8,11,20H,9-10,12-13H2,1H3,(H,23,24). The minimum atomic E-state index is -3.24. The molecule has 1 N–H and O–H groups in total. The molecule has 162 valence electrons. The molecule has 0 bridgehead atoms. The first-order valence-electron chi connectivity index (χ1n) is 8.86. The van der Waals surface area contributed by atoms with Crippen molar-refractivity contribution in [3.05, 3.63) is 65.2 Å². The average Bonchev–Trinajstić information content (AvgIpc) is 2.66. The Morgan fingerprint density at radius 1 is 1.07 bits per heavy atom. The molecule has 0 fully saturated rings. The van der Waals surface area contributed by atoms with Crippen LogP contribution in [-0.4, -0.2) is 46.3 Å². The van der Waals surface area contributed by atoms with E-state index in [-0.39, 0.29) is 23.6 Å². The third kappa shape index (κ3) is 8.56. The van der Waals surface area contributed by atoms with Crippen molar-refractivity contribution in [2.24, 2.45) is 0 Å². The zero-order valence-electron chi connectivity index (χ0n) is 16.1. The van der Waals surface area contributed by atoms with Crippen LogP contribution in [0.5, 0.6) is 5.75 Å². The number of carbonyl (C=O) groups excluding carboxylic acids is 2. The second-order valence-corrected chi connectivity index (χ2v) is 8.61. The molecule has 0 heterocycles. The van der Waals surface area contributed by atoms with Crippen molar-refractivity contribution in [3.63, 3.8) is 0 Å². The topological polar surface area (TPSA) is 98.8 Å². The van der Waals surface area contributed by atoms with Crippen LogP contribution in [0.15, 0.2) is 48.5 Å². The van der Waals surface area contributed by atoms with Crippen LogP contribution in [-0.2, 0) is 31.5 Å². The maximum atomic E-state index is 12.1. The number of alkyl halides is 2. The van der Waals surface area contributed by atoms with Gasteiger partial charge in [0.1, 0.15) is 5.75 Å². The third-order valence-electron chi connectivity index (χ3n) is 3.81. The highest BCUT2D eigenvalue weighted by Crippen LogP contribution is 2.15. The zero-order valence-corrected chi connectivity index (χ0v) is 17.0. The molecule has 0 saturated heterocycles. The lowest BCUT2D eigenvalue weighted by Crippen LogP contribution is -2.30. The Morgan fingerprint density at radius 3 is 2.40 bits per heavy atom. The summed E-state index contributed by atoms with van der Waals surface area (Å²) in [6, 6.07) is 12.0. The fraction of sp³-hybridized carbons (Fsp3) is 0.300. The second-order valence-electron chi connectivity index (χ2n) is 6.47. The molecule has 0 aliphatic carbocycles. The van der Waals surface area contributed by atoms with Gasteiger partial charge in [-0.2, -0.15) is 8.78 Å². The molecule has 0 saturated carbocycles. The number of esters is 1. The minimum Gasteiger partial charge on any atom is -0.452 e. The van der Waals surface area contributed by atoms with Crippen molar-refractivity contribution < 1.29 is 36.3 Å². The summed E-state index contributed by atoms with van der Waals surface area (Å²) < 4.78 is 56.1. The number of amides is 1. The second kappa shape index (κ2) is 10.7. The number of benzene rings is 2. The number of rotatable bonds is 10. The van der Waals surface area contributed by atoms with Gasteiger partial charge in [0.25, 0.3) is 5.91 Å². The minimum absolute atomic E-state index is 0.0466. The number of nitrogens with one attached hydrogen (secondary N) is 1. The van der Waals surface area contributed by atoms with E-state index in [2.05, 4.69) is 10.1 Å². The van der Waals surface area contributed by atoms with Crippen LogP contribution in [0.25, 0.3) is 0 Å². The lowest BCUT2D eigenvalue weighted by Gasteiger charge is -2.08. The molecule has 0 aromatic heterocycles. The normalized spacial score (nSPS) is 11.2. The summed E-state index contributed by atoms with van der Waals surface area (Å²) in [6.45, 7) is -3.12. The maximum absolute atomic E-state index is 12.1. The van der Waals surface area contributed by atoms with Crippen LogP contribution < -0.4 is 10.1 Å². The first-order valence-corrected chi connectivity index (χ1v) is 10.9. The van der Waals surface area contributed by atoms with Gasteiger partial charge in [-0.25, -0.2) is 13.2 Å². The lowest BCUT2D eigenvalue weighted by atomic mass is 10.1. The molecule has 0 atom stereocenters. The van der Waals surface area contributed by atoms with E-state index in [1.165, 1.54) is 30.3 Å². The van der Waals surface area contributed by atoms with E-state index in [0.717, 1.165) is 11.8 Å². The third-order valence-corrected chi connectivity index (χ3v) is 4.67. The Hall–Kier alpha value is -3.01. The van der Waals surface area contributed by atoms with Gasteiger partial charge in [0.2, 0.25) is 0 Å². The summed E-state index contributed by atoms with van der Waals surface area (Å²) in [6.07, 6.45) is 1.54. The van der Waals surface area contributed by atoms with E-state index in [1.807, 2.05) is 0 Å². The van der Waals surface area contributed by atoms with Crippen LogP contribution in [0.4, 0.5) is 8.78 Å². The average molecular weight is 441 g/mol. The molecule has 0 spiro atoms. The molecule has 7 nitrogen and oxygen atoms in total. The SMILES string of the molecule is CS(=O)(=O)Cc1cccc(C(=O)OCC(=O)NCCc2ccc(OC(F)F)cc2)c1. The number of hydrogen-bond acceptors (Lipinski definition) is 6. The van der Waals surface area contributed by atoms with Crippen LogP contribution in [0, 0.1) is 0 Å². The number of halogens is 2. The fourth-order valence-electron chi connectivity index (χ4n) is 2.54. The largest absolute Gasteiger partial charge is 0.452 e. The van der Waals surface area contributed by atoms with Crippen molar-refractivity contribution >= 4 is 21.7 Å². The quantitative estimate of drug-likeness (QED) is 0.569. The predicted molar refractivity (Wildman–Crippen MR) is 105 cm³/mol. The van der Waals surface area contributed by atoms with Crippen LogP contribution in [0.1, 0.15) is 21.5 Å². The van der Waals surface area contributed by atoms with Crippen LogP contribution in [0.3, 0.4) is 0 Å². The Morgan fingerprint density at radius 2 is 1.77 bits per heavy atom. The highest BCUT2D eigenvalue weighted by atomic mass is 32.2. The molecule has 2 aromatic carbocycles. The van der Waals surface area contributed by atoms with Crippen molar-refractivity contribution in [1.82, 2.24) is 5.32 Å². The summed E-state index contributed by atoms with van der Waals surface area (Å²) in [5.41, 5.74) is 1.40. The zero-order chi connectivity index (χ0) is 22.1. The van der Waals surface area contributed by atoms with E-state index in [1.54, 1.807) is 18.2 Å². The Kier molecular flexibility index (Phi) is 8.28. The first-order chi connectivity index (χ1) is 14.1. The molecule has 0 aliphatic rings. The van der Waals surface area contributed by atoms with Gasteiger partial charge in [0.05, 0.1) is 11.3 Å². The molecule has 1 amide bonds. The number of ether oxygens (including phenoxy) is 2. The van der Waals surface area contributed by atoms with E-state index >= 15 is 0 Å². The first kappa shape index (κ1) is 23.3. The number of sulfone groups is 1. The van der Waals surface area contributed by atoms with Crippen molar-refractivity contribution in [2.75, 3.05) is 19.4 Å². The summed E-state index contributed by atoms with van der Waals surface area (Å²) >= 11 is 0. The molecular formula is C20H21F2NO6S. The molecule has 2 rings (SSSR count). The summed E-state index contributed by atoms with van der Waals surface area (Å²) in [4.78, 5) is 23.9. The van der Waals surface area contributed by atoms with Gasteiger partial charge in [-0.05, 0) is 41.8 Å². The van der Waals surface area contributed by atoms with Crippen molar-refractivity contribution in [1.29, 1.82) is 0 Å². The summed E-state index contributed by atoms with van der Waals surface area (Å²) in [5, 5.41) is 2.58. The van der Waals surface area contributed by atoms with E-state index in [0.29, 0.717) is 12.0 Å². The highest BCUT2D eigenvalue weighted by Gasteiger charge is 2.12. The van der Waals surface area contributed by atoms with Gasteiger partial charge < -0.3 is 14.8 Å².